The lowest BCUT2D eigenvalue weighted by atomic mass is 9.99. The van der Waals surface area contributed by atoms with E-state index < -0.39 is 12.0 Å². The van der Waals surface area contributed by atoms with Crippen molar-refractivity contribution in [2.75, 3.05) is 13.6 Å². The smallest absolute Gasteiger partial charge is 0.317 e. The lowest BCUT2D eigenvalue weighted by molar-refractivity contribution is -0.139. The molecule has 2 unspecified atom stereocenters. The molecular weight excluding hydrogens is 292 g/mol. The molecule has 0 bridgehead atoms. The molecule has 2 aromatic carbocycles. The molecule has 2 N–H and O–H groups in total. The topological polar surface area (TPSA) is 69.6 Å². The van der Waals surface area contributed by atoms with E-state index in [0.29, 0.717) is 0 Å². The average Bonchev–Trinajstić information content (AvgIpc) is 2.52. The van der Waals surface area contributed by atoms with Crippen LogP contribution >= 0.6 is 0 Å². The van der Waals surface area contributed by atoms with Gasteiger partial charge in [-0.2, -0.15) is 0 Å². The Hall–Kier alpha value is -2.40. The Labute approximate surface area is 135 Å². The van der Waals surface area contributed by atoms with Crippen LogP contribution in [-0.4, -0.2) is 41.5 Å². The average molecular weight is 314 g/mol. The number of fused-ring (bicyclic) bond motifs is 1. The predicted octanol–water partition coefficient (Wildman–Crippen LogP) is 2.42. The molecule has 23 heavy (non-hydrogen) atoms. The lowest BCUT2D eigenvalue weighted by Gasteiger charge is -2.24. The third-order valence-corrected chi connectivity index (χ3v) is 4.07. The minimum Gasteiger partial charge on any atom is -0.480 e. The standard InChI is InChI=1S/C18H22N2O3/c1-12(19-18(23)13(2)20(3)11-17(21)22)15-10-6-8-14-7-4-5-9-16(14)15/h4-10,12-13H,11H2,1-3H3,(H,19,23)(H,21,22). The van der Waals surface area contributed by atoms with Gasteiger partial charge in [-0.1, -0.05) is 42.5 Å². The number of rotatable bonds is 6. The summed E-state index contributed by atoms with van der Waals surface area (Å²) in [6, 6.07) is 13.4. The SMILES string of the molecule is CC(NC(=O)C(C)N(C)CC(=O)O)c1cccc2ccccc12. The van der Waals surface area contributed by atoms with Crippen LogP contribution in [0, 0.1) is 0 Å². The Morgan fingerprint density at radius 1 is 1.13 bits per heavy atom. The summed E-state index contributed by atoms with van der Waals surface area (Å²) in [6.07, 6.45) is 0. The number of carboxylic acids is 1. The van der Waals surface area contributed by atoms with Gasteiger partial charge in [0.25, 0.3) is 0 Å². The van der Waals surface area contributed by atoms with E-state index in [0.717, 1.165) is 16.3 Å². The van der Waals surface area contributed by atoms with Crippen molar-refractivity contribution in [3.63, 3.8) is 0 Å². The van der Waals surface area contributed by atoms with Gasteiger partial charge >= 0.3 is 5.97 Å². The number of aliphatic carboxylic acids is 1. The van der Waals surface area contributed by atoms with Gasteiger partial charge < -0.3 is 10.4 Å². The van der Waals surface area contributed by atoms with Gasteiger partial charge in [-0.05, 0) is 37.2 Å². The van der Waals surface area contributed by atoms with Crippen LogP contribution in [0.3, 0.4) is 0 Å². The van der Waals surface area contributed by atoms with Crippen molar-refractivity contribution < 1.29 is 14.7 Å². The molecule has 0 radical (unpaired) electrons. The number of benzene rings is 2. The van der Waals surface area contributed by atoms with Crippen molar-refractivity contribution in [2.45, 2.75) is 25.9 Å². The first-order valence-electron chi connectivity index (χ1n) is 7.60. The zero-order chi connectivity index (χ0) is 17.0. The van der Waals surface area contributed by atoms with Gasteiger partial charge in [0.05, 0.1) is 18.6 Å². The molecule has 5 nitrogen and oxygen atoms in total. The molecule has 0 aliphatic carbocycles. The van der Waals surface area contributed by atoms with Gasteiger partial charge in [0.15, 0.2) is 0 Å². The van der Waals surface area contributed by atoms with Crippen LogP contribution < -0.4 is 5.32 Å². The Morgan fingerprint density at radius 2 is 1.78 bits per heavy atom. The van der Waals surface area contributed by atoms with E-state index in [4.69, 9.17) is 5.11 Å². The fourth-order valence-electron chi connectivity index (χ4n) is 2.59. The quantitative estimate of drug-likeness (QED) is 0.859. The van der Waals surface area contributed by atoms with E-state index in [2.05, 4.69) is 5.32 Å². The fraction of sp³-hybridized carbons (Fsp3) is 0.333. The summed E-state index contributed by atoms with van der Waals surface area (Å²) in [5.41, 5.74) is 1.05. The Bertz CT molecular complexity index is 709. The summed E-state index contributed by atoms with van der Waals surface area (Å²) in [5.74, 6) is -1.14. The van der Waals surface area contributed by atoms with Crippen molar-refractivity contribution in [3.8, 4) is 0 Å². The first kappa shape index (κ1) is 17.0. The van der Waals surface area contributed by atoms with Crippen LogP contribution in [0.1, 0.15) is 25.5 Å². The lowest BCUT2D eigenvalue weighted by Crippen LogP contribution is -2.45. The number of carboxylic acid groups (broad SMARTS) is 1. The summed E-state index contributed by atoms with van der Waals surface area (Å²) in [4.78, 5) is 24.6. The van der Waals surface area contributed by atoms with E-state index in [-0.39, 0.29) is 18.5 Å². The maximum Gasteiger partial charge on any atom is 0.317 e. The summed E-state index contributed by atoms with van der Waals surface area (Å²) < 4.78 is 0. The van der Waals surface area contributed by atoms with Gasteiger partial charge in [-0.25, -0.2) is 0 Å². The monoisotopic (exact) mass is 314 g/mol. The van der Waals surface area contributed by atoms with Crippen molar-refractivity contribution in [3.05, 3.63) is 48.0 Å². The first-order chi connectivity index (χ1) is 10.9. The third kappa shape index (κ3) is 4.07. The van der Waals surface area contributed by atoms with Gasteiger partial charge in [-0.3, -0.25) is 14.5 Å². The second-order valence-corrected chi connectivity index (χ2v) is 5.78. The number of carbonyl (C=O) groups excluding carboxylic acids is 1. The molecule has 5 heteroatoms. The molecular formula is C18H22N2O3. The number of nitrogens with zero attached hydrogens (tertiary/aromatic N) is 1. The maximum atomic E-state index is 12.3. The fourth-order valence-corrected chi connectivity index (χ4v) is 2.59. The molecule has 122 valence electrons. The molecule has 0 aliphatic rings. The molecule has 0 fully saturated rings. The molecule has 1 amide bonds. The summed E-state index contributed by atoms with van der Waals surface area (Å²) >= 11 is 0. The predicted molar refractivity (Wildman–Crippen MR) is 90.2 cm³/mol. The normalized spacial score (nSPS) is 13.7. The van der Waals surface area contributed by atoms with Crippen LogP contribution in [0.2, 0.25) is 0 Å². The van der Waals surface area contributed by atoms with Crippen LogP contribution in [0.15, 0.2) is 42.5 Å². The van der Waals surface area contributed by atoms with Crippen molar-refractivity contribution in [2.24, 2.45) is 0 Å². The van der Waals surface area contributed by atoms with E-state index in [1.165, 1.54) is 4.90 Å². The Kier molecular flexibility index (Phi) is 5.34. The molecule has 2 atom stereocenters. The van der Waals surface area contributed by atoms with Gasteiger partial charge in [-0.15, -0.1) is 0 Å². The number of hydrogen-bond donors (Lipinski definition) is 2. The van der Waals surface area contributed by atoms with Crippen LogP contribution in [0.25, 0.3) is 10.8 Å². The van der Waals surface area contributed by atoms with Gasteiger partial charge in [0.2, 0.25) is 5.91 Å². The zero-order valence-electron chi connectivity index (χ0n) is 13.6. The molecule has 0 saturated carbocycles. The number of amides is 1. The van der Waals surface area contributed by atoms with E-state index in [1.807, 2.05) is 49.4 Å². The highest BCUT2D eigenvalue weighted by Gasteiger charge is 2.22. The number of carbonyl (C=O) groups is 2. The first-order valence-corrected chi connectivity index (χ1v) is 7.60. The zero-order valence-corrected chi connectivity index (χ0v) is 13.6. The molecule has 2 rings (SSSR count). The number of nitrogens with one attached hydrogen (secondary N) is 1. The Morgan fingerprint density at radius 3 is 2.48 bits per heavy atom. The molecule has 0 saturated heterocycles. The van der Waals surface area contributed by atoms with Gasteiger partial charge in [0.1, 0.15) is 0 Å². The molecule has 0 spiro atoms. The summed E-state index contributed by atoms with van der Waals surface area (Å²) in [6.45, 7) is 3.47. The minimum atomic E-state index is -0.950. The largest absolute Gasteiger partial charge is 0.480 e. The molecule has 0 aliphatic heterocycles. The second kappa shape index (κ2) is 7.24. The molecule has 0 heterocycles. The van der Waals surface area contributed by atoms with Crippen LogP contribution in [0.5, 0.6) is 0 Å². The van der Waals surface area contributed by atoms with E-state index >= 15 is 0 Å². The van der Waals surface area contributed by atoms with E-state index in [1.54, 1.807) is 14.0 Å². The number of likely N-dealkylation sites (N-methyl/N-ethyl adjacent to an activating group) is 1. The maximum absolute atomic E-state index is 12.3. The van der Waals surface area contributed by atoms with Crippen molar-refractivity contribution in [1.29, 1.82) is 0 Å². The van der Waals surface area contributed by atoms with Gasteiger partial charge in [0, 0.05) is 0 Å². The number of hydrogen-bond acceptors (Lipinski definition) is 3. The third-order valence-electron chi connectivity index (χ3n) is 4.07. The van der Waals surface area contributed by atoms with Crippen molar-refractivity contribution >= 4 is 22.6 Å². The molecule has 0 aromatic heterocycles. The van der Waals surface area contributed by atoms with E-state index in [9.17, 15) is 9.59 Å². The highest BCUT2D eigenvalue weighted by atomic mass is 16.4. The van der Waals surface area contributed by atoms with Crippen LogP contribution in [-0.2, 0) is 9.59 Å². The molecule has 2 aromatic rings. The van der Waals surface area contributed by atoms with Crippen LogP contribution in [0.4, 0.5) is 0 Å². The second-order valence-electron chi connectivity index (χ2n) is 5.78. The Balaban J connectivity index is 2.13. The van der Waals surface area contributed by atoms with Crippen molar-refractivity contribution in [1.82, 2.24) is 10.2 Å². The minimum absolute atomic E-state index is 0.158. The highest BCUT2D eigenvalue weighted by molar-refractivity contribution is 5.87. The highest BCUT2D eigenvalue weighted by Crippen LogP contribution is 2.24. The summed E-state index contributed by atoms with van der Waals surface area (Å²) in [7, 11) is 1.63. The summed E-state index contributed by atoms with van der Waals surface area (Å²) in [5, 5.41) is 14.0.